The van der Waals surface area contributed by atoms with E-state index in [1.165, 1.54) is 12.1 Å². The van der Waals surface area contributed by atoms with Gasteiger partial charge >= 0.3 is 0 Å². The maximum Gasteiger partial charge on any atom is 0.243 e. The normalized spacial score (nSPS) is 10.5. The zero-order valence-corrected chi connectivity index (χ0v) is 16.0. The lowest BCUT2D eigenvalue weighted by Crippen LogP contribution is -2.09. The van der Waals surface area contributed by atoms with Crippen LogP contribution in [0.1, 0.15) is 11.1 Å². The molecule has 0 radical (unpaired) electrons. The predicted octanol–water partition coefficient (Wildman–Crippen LogP) is 3.85. The minimum absolute atomic E-state index is 0.265. The van der Waals surface area contributed by atoms with Crippen LogP contribution in [0.5, 0.6) is 11.5 Å². The standard InChI is InChI=1S/C19H19ClFN5O2/c1-3-8-26-19(23-24-25-26)22-11-14-9-17(27-2)18(10-16(14)20)28-12-13-4-6-15(21)7-5-13/h3-7,9-10H,1,8,11-12H2,2H3,(H,22,23,25). The van der Waals surface area contributed by atoms with E-state index in [0.717, 1.165) is 11.1 Å². The number of hydrogen-bond acceptors (Lipinski definition) is 6. The zero-order chi connectivity index (χ0) is 19.9. The van der Waals surface area contributed by atoms with Crippen molar-refractivity contribution < 1.29 is 13.9 Å². The van der Waals surface area contributed by atoms with Crippen LogP contribution < -0.4 is 14.8 Å². The summed E-state index contributed by atoms with van der Waals surface area (Å²) in [5, 5.41) is 15.1. The maximum absolute atomic E-state index is 13.0. The number of nitrogens with zero attached hydrogens (tertiary/aromatic N) is 4. The van der Waals surface area contributed by atoms with Crippen molar-refractivity contribution in [2.24, 2.45) is 0 Å². The van der Waals surface area contributed by atoms with Gasteiger partial charge in [-0.05, 0) is 39.8 Å². The molecule has 0 fully saturated rings. The van der Waals surface area contributed by atoms with Crippen molar-refractivity contribution in [3.63, 3.8) is 0 Å². The molecule has 1 aromatic heterocycles. The summed E-state index contributed by atoms with van der Waals surface area (Å²) in [7, 11) is 1.55. The summed E-state index contributed by atoms with van der Waals surface area (Å²) in [6.07, 6.45) is 1.70. The van der Waals surface area contributed by atoms with Gasteiger partial charge in [0.05, 0.1) is 13.7 Å². The Morgan fingerprint density at radius 2 is 2.04 bits per heavy atom. The van der Waals surface area contributed by atoms with Crippen LogP contribution in [0.4, 0.5) is 10.3 Å². The number of tetrazole rings is 1. The Balaban J connectivity index is 1.70. The number of ether oxygens (including phenoxy) is 2. The lowest BCUT2D eigenvalue weighted by molar-refractivity contribution is 0.284. The minimum atomic E-state index is -0.291. The highest BCUT2D eigenvalue weighted by molar-refractivity contribution is 6.31. The van der Waals surface area contributed by atoms with Gasteiger partial charge in [0.1, 0.15) is 12.4 Å². The maximum atomic E-state index is 13.0. The third-order valence-electron chi connectivity index (χ3n) is 3.91. The van der Waals surface area contributed by atoms with Crippen molar-refractivity contribution >= 4 is 17.5 Å². The van der Waals surface area contributed by atoms with Gasteiger partial charge in [-0.3, -0.25) is 0 Å². The zero-order valence-electron chi connectivity index (χ0n) is 15.2. The number of benzene rings is 2. The second-order valence-electron chi connectivity index (χ2n) is 5.84. The third-order valence-corrected chi connectivity index (χ3v) is 4.26. The van der Waals surface area contributed by atoms with Crippen molar-refractivity contribution in [3.8, 4) is 11.5 Å². The average Bonchev–Trinajstić information content (AvgIpc) is 3.14. The number of aromatic nitrogens is 4. The molecule has 0 aliphatic carbocycles. The average molecular weight is 404 g/mol. The molecule has 0 saturated heterocycles. The molecule has 1 heterocycles. The molecule has 3 rings (SSSR count). The number of anilines is 1. The van der Waals surface area contributed by atoms with Crippen molar-refractivity contribution in [2.45, 2.75) is 19.7 Å². The first-order chi connectivity index (χ1) is 13.6. The molecule has 0 saturated carbocycles. The van der Waals surface area contributed by atoms with Crippen molar-refractivity contribution in [3.05, 3.63) is 71.0 Å². The summed E-state index contributed by atoms with van der Waals surface area (Å²) < 4.78 is 25.8. The number of nitrogens with one attached hydrogen (secondary N) is 1. The molecular formula is C19H19ClFN5O2. The fourth-order valence-corrected chi connectivity index (χ4v) is 2.70. The first-order valence-corrected chi connectivity index (χ1v) is 8.83. The molecule has 0 unspecified atom stereocenters. The van der Waals surface area contributed by atoms with Gasteiger partial charge in [-0.25, -0.2) is 9.07 Å². The molecule has 0 bridgehead atoms. The third kappa shape index (κ3) is 4.77. The molecule has 0 spiro atoms. The summed E-state index contributed by atoms with van der Waals surface area (Å²) in [6, 6.07) is 9.57. The van der Waals surface area contributed by atoms with E-state index in [9.17, 15) is 4.39 Å². The summed E-state index contributed by atoms with van der Waals surface area (Å²) in [6.45, 7) is 4.82. The van der Waals surface area contributed by atoms with Crippen LogP contribution in [0.25, 0.3) is 0 Å². The van der Waals surface area contributed by atoms with E-state index in [-0.39, 0.29) is 12.4 Å². The van der Waals surface area contributed by atoms with Crippen molar-refractivity contribution in [1.29, 1.82) is 0 Å². The molecular weight excluding hydrogens is 385 g/mol. The summed E-state index contributed by atoms with van der Waals surface area (Å²) in [5.41, 5.74) is 1.63. The Kier molecular flexibility index (Phi) is 6.44. The fourth-order valence-electron chi connectivity index (χ4n) is 2.48. The van der Waals surface area contributed by atoms with Crippen LogP contribution >= 0.6 is 11.6 Å². The second-order valence-corrected chi connectivity index (χ2v) is 6.24. The molecule has 0 atom stereocenters. The van der Waals surface area contributed by atoms with E-state index in [2.05, 4.69) is 27.4 Å². The molecule has 0 aliphatic rings. The van der Waals surface area contributed by atoms with Gasteiger partial charge in [-0.2, -0.15) is 0 Å². The Morgan fingerprint density at radius 1 is 1.25 bits per heavy atom. The predicted molar refractivity (Wildman–Crippen MR) is 104 cm³/mol. The molecule has 0 amide bonds. The highest BCUT2D eigenvalue weighted by atomic mass is 35.5. The van der Waals surface area contributed by atoms with Gasteiger partial charge < -0.3 is 14.8 Å². The van der Waals surface area contributed by atoms with Crippen molar-refractivity contribution in [2.75, 3.05) is 12.4 Å². The van der Waals surface area contributed by atoms with Gasteiger partial charge in [0.15, 0.2) is 11.5 Å². The fraction of sp³-hybridized carbons (Fsp3) is 0.211. The highest BCUT2D eigenvalue weighted by Gasteiger charge is 2.12. The molecule has 146 valence electrons. The highest BCUT2D eigenvalue weighted by Crippen LogP contribution is 2.34. The molecule has 0 aliphatic heterocycles. The number of rotatable bonds is 9. The van der Waals surface area contributed by atoms with Crippen LogP contribution in [0.15, 0.2) is 49.1 Å². The quantitative estimate of drug-likeness (QED) is 0.547. The van der Waals surface area contributed by atoms with Gasteiger partial charge in [0.25, 0.3) is 0 Å². The number of methoxy groups -OCH3 is 1. The van der Waals surface area contributed by atoms with E-state index >= 15 is 0 Å². The van der Waals surface area contributed by atoms with Crippen LogP contribution in [-0.2, 0) is 19.7 Å². The Morgan fingerprint density at radius 3 is 2.75 bits per heavy atom. The molecule has 7 nitrogen and oxygen atoms in total. The molecule has 28 heavy (non-hydrogen) atoms. The Hall–Kier alpha value is -3.13. The van der Waals surface area contributed by atoms with Crippen LogP contribution in [-0.4, -0.2) is 27.3 Å². The number of hydrogen-bond donors (Lipinski definition) is 1. The molecule has 3 aromatic rings. The second kappa shape index (κ2) is 9.18. The Labute approximate surface area is 166 Å². The topological polar surface area (TPSA) is 74.1 Å². The molecule has 9 heteroatoms. The number of halogens is 2. The SMILES string of the molecule is C=CCn1nnnc1NCc1cc(OC)c(OCc2ccc(F)cc2)cc1Cl. The van der Waals surface area contributed by atoms with E-state index < -0.39 is 0 Å². The van der Waals surface area contributed by atoms with E-state index in [0.29, 0.717) is 35.6 Å². The summed E-state index contributed by atoms with van der Waals surface area (Å²) in [4.78, 5) is 0. The molecule has 1 N–H and O–H groups in total. The first kappa shape index (κ1) is 19.6. The lowest BCUT2D eigenvalue weighted by Gasteiger charge is -2.14. The van der Waals surface area contributed by atoms with Gasteiger partial charge in [-0.15, -0.1) is 6.58 Å². The van der Waals surface area contributed by atoms with E-state index in [1.54, 1.807) is 42.1 Å². The summed E-state index contributed by atoms with van der Waals surface area (Å²) >= 11 is 6.40. The van der Waals surface area contributed by atoms with Gasteiger partial charge in [-0.1, -0.05) is 34.9 Å². The smallest absolute Gasteiger partial charge is 0.243 e. The molecule has 2 aromatic carbocycles. The van der Waals surface area contributed by atoms with Gasteiger partial charge in [0.2, 0.25) is 5.95 Å². The largest absolute Gasteiger partial charge is 0.493 e. The number of allylic oxidation sites excluding steroid dienone is 1. The Bertz CT molecular complexity index is 946. The minimum Gasteiger partial charge on any atom is -0.493 e. The van der Waals surface area contributed by atoms with E-state index in [1.807, 2.05) is 0 Å². The van der Waals surface area contributed by atoms with Crippen LogP contribution in [0.3, 0.4) is 0 Å². The monoisotopic (exact) mass is 403 g/mol. The van der Waals surface area contributed by atoms with Crippen molar-refractivity contribution in [1.82, 2.24) is 20.2 Å². The van der Waals surface area contributed by atoms with E-state index in [4.69, 9.17) is 21.1 Å². The van der Waals surface area contributed by atoms with Crippen LogP contribution in [0, 0.1) is 5.82 Å². The first-order valence-electron chi connectivity index (χ1n) is 8.45. The van der Waals surface area contributed by atoms with Gasteiger partial charge in [0, 0.05) is 17.6 Å². The van der Waals surface area contributed by atoms with Crippen LogP contribution in [0.2, 0.25) is 5.02 Å². The summed E-state index contributed by atoms with van der Waals surface area (Å²) in [5.74, 6) is 1.25. The lowest BCUT2D eigenvalue weighted by atomic mass is 10.2.